The van der Waals surface area contributed by atoms with Gasteiger partial charge >= 0.3 is 6.09 Å². The molecule has 5 nitrogen and oxygen atoms in total. The molecule has 0 fully saturated rings. The van der Waals surface area contributed by atoms with E-state index >= 15 is 0 Å². The lowest BCUT2D eigenvalue weighted by molar-refractivity contribution is 0.172. The fourth-order valence-electron chi connectivity index (χ4n) is 0.477. The number of hydrogen-bond donors (Lipinski definition) is 1. The van der Waals surface area contributed by atoms with E-state index in [1.807, 2.05) is 0 Å². The topological polar surface area (TPSA) is 59.9 Å². The molecule has 0 radical (unpaired) electrons. The Morgan fingerprint density at radius 3 is 3.10 bits per heavy atom. The average Bonchev–Trinajstić information content (AvgIpc) is 2.34. The molecule has 0 aliphatic carbocycles. The second-order valence-electron chi connectivity index (χ2n) is 1.50. The van der Waals surface area contributed by atoms with Crippen LogP contribution in [0.5, 0.6) is 0 Å². The summed E-state index contributed by atoms with van der Waals surface area (Å²) in [6.07, 6.45) is 0.715. The number of hydrogen-bond acceptors (Lipinski definition) is 4. The first-order valence-electron chi connectivity index (χ1n) is 2.46. The quantitative estimate of drug-likeness (QED) is 0.562. The number of H-pyrrole nitrogens is 1. The fraction of sp³-hybridized carbons (Fsp3) is 0.250. The second-order valence-corrected chi connectivity index (χ2v) is 1.89. The van der Waals surface area contributed by atoms with E-state index in [1.54, 1.807) is 0 Å². The first-order chi connectivity index (χ1) is 4.75. The highest BCUT2D eigenvalue weighted by Crippen LogP contribution is 1.87. The molecule has 0 spiro atoms. The fourth-order valence-corrected chi connectivity index (χ4v) is 0.651. The summed E-state index contributed by atoms with van der Waals surface area (Å²) in [7, 11) is 1.27. The Hall–Kier alpha value is -1.17. The maximum absolute atomic E-state index is 10.7. The zero-order valence-corrected chi connectivity index (χ0v) is 6.01. The van der Waals surface area contributed by atoms with Crippen molar-refractivity contribution in [2.75, 3.05) is 7.11 Å². The number of methoxy groups -OCH3 is 1. The Kier molecular flexibility index (Phi) is 1.81. The first-order valence-corrected chi connectivity index (χ1v) is 2.87. The van der Waals surface area contributed by atoms with Crippen LogP contribution in [0, 0.1) is 4.77 Å². The van der Waals surface area contributed by atoms with Crippen molar-refractivity contribution >= 4 is 18.3 Å². The molecule has 0 amide bonds. The Morgan fingerprint density at radius 1 is 2.00 bits per heavy atom. The van der Waals surface area contributed by atoms with Crippen molar-refractivity contribution in [3.05, 3.63) is 11.1 Å². The third kappa shape index (κ3) is 1.06. The van der Waals surface area contributed by atoms with Crippen molar-refractivity contribution < 1.29 is 9.53 Å². The van der Waals surface area contributed by atoms with E-state index in [1.165, 1.54) is 13.4 Å². The Morgan fingerprint density at radius 2 is 2.70 bits per heavy atom. The van der Waals surface area contributed by atoms with Gasteiger partial charge in [-0.05, 0) is 12.2 Å². The van der Waals surface area contributed by atoms with Crippen LogP contribution >= 0.6 is 12.2 Å². The highest BCUT2D eigenvalue weighted by atomic mass is 32.1. The summed E-state index contributed by atoms with van der Waals surface area (Å²) in [6, 6.07) is 0. The van der Waals surface area contributed by atoms with Crippen LogP contribution in [0.15, 0.2) is 6.33 Å². The van der Waals surface area contributed by atoms with Crippen LogP contribution in [0.3, 0.4) is 0 Å². The largest absolute Gasteiger partial charge is 0.452 e. The molecule has 0 saturated carbocycles. The number of rotatable bonds is 0. The highest BCUT2D eigenvalue weighted by Gasteiger charge is 2.02. The van der Waals surface area contributed by atoms with Crippen LogP contribution in [0.25, 0.3) is 0 Å². The molecule has 0 aliphatic heterocycles. The van der Waals surface area contributed by atoms with Crippen molar-refractivity contribution in [2.45, 2.75) is 0 Å². The standard InChI is InChI=1S/C4H5N3O2S/c1-9-4(8)7-2-5-6-3(7)10/h2H,1H3,(H,6,10). The molecule has 6 heteroatoms. The van der Waals surface area contributed by atoms with Crippen molar-refractivity contribution in [1.29, 1.82) is 0 Å². The van der Waals surface area contributed by atoms with Gasteiger partial charge < -0.3 is 4.74 Å². The molecule has 1 heterocycles. The van der Waals surface area contributed by atoms with Crippen LogP contribution in [0.4, 0.5) is 4.79 Å². The van der Waals surface area contributed by atoms with E-state index < -0.39 is 6.09 Å². The number of nitrogens with zero attached hydrogens (tertiary/aromatic N) is 2. The van der Waals surface area contributed by atoms with Crippen molar-refractivity contribution in [1.82, 2.24) is 14.8 Å². The van der Waals surface area contributed by atoms with E-state index in [9.17, 15) is 4.79 Å². The lowest BCUT2D eigenvalue weighted by atomic mass is 11.0. The van der Waals surface area contributed by atoms with Gasteiger partial charge in [0.1, 0.15) is 6.33 Å². The molecule has 1 rings (SSSR count). The number of ether oxygens (including phenoxy) is 1. The van der Waals surface area contributed by atoms with Crippen molar-refractivity contribution in [2.24, 2.45) is 0 Å². The SMILES string of the molecule is COC(=O)n1cn[nH]c1=S. The molecule has 0 unspecified atom stereocenters. The van der Waals surface area contributed by atoms with Crippen LogP contribution in [-0.4, -0.2) is 28.0 Å². The van der Waals surface area contributed by atoms with E-state index in [4.69, 9.17) is 0 Å². The molecule has 1 aromatic rings. The number of aromatic nitrogens is 3. The Bertz CT molecular complexity index is 289. The lowest BCUT2D eigenvalue weighted by Crippen LogP contribution is -2.09. The predicted octanol–water partition coefficient (Wildman–Crippen LogP) is 0.555. The van der Waals surface area contributed by atoms with Gasteiger partial charge in [0.2, 0.25) is 4.77 Å². The Balaban J connectivity index is 3.05. The molecular weight excluding hydrogens is 154 g/mol. The maximum atomic E-state index is 10.7. The third-order valence-electron chi connectivity index (χ3n) is 0.924. The van der Waals surface area contributed by atoms with Crippen molar-refractivity contribution in [3.63, 3.8) is 0 Å². The molecule has 0 aromatic carbocycles. The van der Waals surface area contributed by atoms with Crippen molar-refractivity contribution in [3.8, 4) is 0 Å². The minimum atomic E-state index is -0.543. The van der Waals surface area contributed by atoms with Gasteiger partial charge in [0, 0.05) is 0 Å². The monoisotopic (exact) mass is 159 g/mol. The summed E-state index contributed by atoms with van der Waals surface area (Å²) in [4.78, 5) is 10.7. The third-order valence-corrected chi connectivity index (χ3v) is 1.21. The maximum Gasteiger partial charge on any atom is 0.421 e. The Labute approximate surface area is 61.6 Å². The summed E-state index contributed by atoms with van der Waals surface area (Å²) in [6.45, 7) is 0. The number of aromatic amines is 1. The van der Waals surface area contributed by atoms with Gasteiger partial charge in [-0.15, -0.1) is 0 Å². The molecule has 10 heavy (non-hydrogen) atoms. The lowest BCUT2D eigenvalue weighted by Gasteiger charge is -1.94. The van der Waals surface area contributed by atoms with E-state index in [0.717, 1.165) is 4.57 Å². The minimum absolute atomic E-state index is 0.229. The smallest absolute Gasteiger partial charge is 0.421 e. The summed E-state index contributed by atoms with van der Waals surface area (Å²) in [5.41, 5.74) is 0. The zero-order valence-electron chi connectivity index (χ0n) is 5.20. The van der Waals surface area contributed by atoms with Crippen LogP contribution < -0.4 is 0 Å². The van der Waals surface area contributed by atoms with Gasteiger partial charge in [-0.1, -0.05) is 0 Å². The molecule has 0 aliphatic rings. The molecule has 1 N–H and O–H groups in total. The first kappa shape index (κ1) is 6.94. The highest BCUT2D eigenvalue weighted by molar-refractivity contribution is 7.71. The van der Waals surface area contributed by atoms with Gasteiger partial charge in [0.25, 0.3) is 0 Å². The zero-order chi connectivity index (χ0) is 7.56. The van der Waals surface area contributed by atoms with Crippen LogP contribution in [0.1, 0.15) is 0 Å². The van der Waals surface area contributed by atoms with Crippen LogP contribution in [0.2, 0.25) is 0 Å². The summed E-state index contributed by atoms with van der Waals surface area (Å²) in [5.74, 6) is 0. The molecule has 54 valence electrons. The summed E-state index contributed by atoms with van der Waals surface area (Å²) >= 11 is 4.67. The number of carbonyl (C=O) groups is 1. The van der Waals surface area contributed by atoms with E-state index in [0.29, 0.717) is 0 Å². The average molecular weight is 159 g/mol. The van der Waals surface area contributed by atoms with Gasteiger partial charge in [-0.2, -0.15) is 5.10 Å². The normalized spacial score (nSPS) is 9.30. The molecule has 0 bridgehead atoms. The predicted molar refractivity (Wildman–Crippen MR) is 35.2 cm³/mol. The van der Waals surface area contributed by atoms with Gasteiger partial charge in [-0.3, -0.25) is 5.10 Å². The van der Waals surface area contributed by atoms with Gasteiger partial charge in [0.15, 0.2) is 0 Å². The summed E-state index contributed by atoms with van der Waals surface area (Å²) in [5, 5.41) is 5.93. The molecular formula is C4H5N3O2S. The van der Waals surface area contributed by atoms with Gasteiger partial charge in [-0.25, -0.2) is 9.36 Å². The van der Waals surface area contributed by atoms with Crippen LogP contribution in [-0.2, 0) is 4.74 Å². The minimum Gasteiger partial charge on any atom is -0.452 e. The molecule has 1 aromatic heterocycles. The summed E-state index contributed by atoms with van der Waals surface area (Å²) < 4.78 is 5.69. The van der Waals surface area contributed by atoms with E-state index in [2.05, 4.69) is 27.2 Å². The number of nitrogens with one attached hydrogen (secondary N) is 1. The number of carbonyl (C=O) groups excluding carboxylic acids is 1. The van der Waals surface area contributed by atoms with E-state index in [-0.39, 0.29) is 4.77 Å². The molecule has 0 saturated heterocycles. The second kappa shape index (κ2) is 2.61. The molecule has 0 atom stereocenters. The van der Waals surface area contributed by atoms with Gasteiger partial charge in [0.05, 0.1) is 7.11 Å².